The molecule has 1 aliphatic rings. The second-order valence-electron chi connectivity index (χ2n) is 5.14. The molecule has 0 saturated carbocycles. The Hall–Kier alpha value is -1.14. The minimum atomic E-state index is -1.06. The lowest BCUT2D eigenvalue weighted by Crippen LogP contribution is -2.52. The largest absolute Gasteiger partial charge is 0.481 e. The lowest BCUT2D eigenvalue weighted by Gasteiger charge is -2.40. The number of rotatable bonds is 6. The Balaban J connectivity index is 2.52. The van der Waals surface area contributed by atoms with Crippen molar-refractivity contribution in [1.82, 2.24) is 5.32 Å². The van der Waals surface area contributed by atoms with Crippen molar-refractivity contribution < 1.29 is 19.4 Å². The molecule has 6 heteroatoms. The van der Waals surface area contributed by atoms with E-state index in [1.807, 2.05) is 0 Å². The molecule has 0 aromatic heterocycles. The van der Waals surface area contributed by atoms with Crippen LogP contribution >= 0.6 is 0 Å². The lowest BCUT2D eigenvalue weighted by atomic mass is 9.86. The third kappa shape index (κ3) is 4.47. The van der Waals surface area contributed by atoms with Gasteiger partial charge in [0.15, 0.2) is 0 Å². The van der Waals surface area contributed by atoms with Gasteiger partial charge >= 0.3 is 5.97 Å². The van der Waals surface area contributed by atoms with Crippen molar-refractivity contribution in [2.24, 2.45) is 5.73 Å². The lowest BCUT2D eigenvalue weighted by molar-refractivity contribution is -0.140. The molecular weight excluding hydrogens is 248 g/mol. The fourth-order valence-electron chi connectivity index (χ4n) is 2.48. The zero-order valence-corrected chi connectivity index (χ0v) is 11.6. The molecule has 110 valence electrons. The van der Waals surface area contributed by atoms with Crippen molar-refractivity contribution in [3.05, 3.63) is 0 Å². The molecule has 19 heavy (non-hydrogen) atoms. The third-order valence-electron chi connectivity index (χ3n) is 3.86. The number of carbonyl (C=O) groups excluding carboxylic acids is 1. The zero-order valence-electron chi connectivity index (χ0n) is 11.6. The quantitative estimate of drug-likeness (QED) is 0.658. The number of nitrogens with one attached hydrogen (secondary N) is 1. The summed E-state index contributed by atoms with van der Waals surface area (Å²) in [5, 5.41) is 11.5. The van der Waals surface area contributed by atoms with Crippen LogP contribution in [0, 0.1) is 0 Å². The number of carboxylic acid groups (broad SMARTS) is 1. The van der Waals surface area contributed by atoms with Gasteiger partial charge in [-0.15, -0.1) is 0 Å². The van der Waals surface area contributed by atoms with Crippen LogP contribution in [0.5, 0.6) is 0 Å². The predicted octanol–water partition coefficient (Wildman–Crippen LogP) is 0.642. The molecule has 6 nitrogen and oxygen atoms in total. The maximum Gasteiger partial charge on any atom is 0.305 e. The predicted molar refractivity (Wildman–Crippen MR) is 70.7 cm³/mol. The number of aliphatic carboxylic acids is 1. The van der Waals surface area contributed by atoms with Crippen LogP contribution in [0.15, 0.2) is 0 Å². The molecule has 0 aliphatic carbocycles. The highest BCUT2D eigenvalue weighted by atomic mass is 16.5. The molecule has 0 aromatic rings. The average Bonchev–Trinajstić information content (AvgIpc) is 2.38. The van der Waals surface area contributed by atoms with Crippen LogP contribution in [0.4, 0.5) is 0 Å². The van der Waals surface area contributed by atoms with Crippen molar-refractivity contribution in [2.75, 3.05) is 6.61 Å². The summed E-state index contributed by atoms with van der Waals surface area (Å²) in [6.07, 6.45) is 2.95. The Labute approximate surface area is 113 Å². The highest BCUT2D eigenvalue weighted by Crippen LogP contribution is 2.31. The average molecular weight is 272 g/mol. The molecule has 2 atom stereocenters. The van der Waals surface area contributed by atoms with E-state index in [-0.39, 0.29) is 18.1 Å². The standard InChI is InChI=1S/C13H24N2O4/c1-3-13(4-2)8-9(5-6-19-13)15-12(18)10(14)7-11(16)17/h9-10H,3-8,14H2,1-2H3,(H,15,18)(H,16,17). The first-order chi connectivity index (χ1) is 8.92. The van der Waals surface area contributed by atoms with Crippen molar-refractivity contribution in [3.63, 3.8) is 0 Å². The summed E-state index contributed by atoms with van der Waals surface area (Å²) < 4.78 is 5.82. The van der Waals surface area contributed by atoms with E-state index in [2.05, 4.69) is 19.2 Å². The minimum absolute atomic E-state index is 0.0148. The highest BCUT2D eigenvalue weighted by molar-refractivity contribution is 5.86. The summed E-state index contributed by atoms with van der Waals surface area (Å²) >= 11 is 0. The molecule has 1 heterocycles. The number of carboxylic acids is 1. The summed E-state index contributed by atoms with van der Waals surface area (Å²) in [7, 11) is 0. The molecule has 0 spiro atoms. The maximum absolute atomic E-state index is 11.8. The van der Waals surface area contributed by atoms with Gasteiger partial charge in [0.1, 0.15) is 0 Å². The number of hydrogen-bond donors (Lipinski definition) is 3. The number of carbonyl (C=O) groups is 2. The molecule has 0 radical (unpaired) electrons. The Kier molecular flexibility index (Phi) is 5.75. The van der Waals surface area contributed by atoms with Crippen LogP contribution in [0.25, 0.3) is 0 Å². The van der Waals surface area contributed by atoms with Crippen molar-refractivity contribution in [1.29, 1.82) is 0 Å². The van der Waals surface area contributed by atoms with Crippen LogP contribution in [-0.4, -0.2) is 41.3 Å². The Morgan fingerprint density at radius 2 is 2.11 bits per heavy atom. The zero-order chi connectivity index (χ0) is 14.5. The monoisotopic (exact) mass is 272 g/mol. The first-order valence-electron chi connectivity index (χ1n) is 6.84. The molecule has 1 fully saturated rings. The van der Waals surface area contributed by atoms with Gasteiger partial charge in [-0.05, 0) is 25.7 Å². The van der Waals surface area contributed by atoms with Crippen LogP contribution in [0.1, 0.15) is 46.0 Å². The molecule has 1 saturated heterocycles. The normalized spacial score (nSPS) is 23.6. The number of ether oxygens (including phenoxy) is 1. The van der Waals surface area contributed by atoms with Crippen molar-refractivity contribution >= 4 is 11.9 Å². The molecule has 2 unspecified atom stereocenters. The van der Waals surface area contributed by atoms with Crippen LogP contribution in [0.3, 0.4) is 0 Å². The van der Waals surface area contributed by atoms with Gasteiger partial charge in [0.25, 0.3) is 0 Å². The summed E-state index contributed by atoms with van der Waals surface area (Å²) in [5.41, 5.74) is 5.37. The Bertz CT molecular complexity index is 329. The van der Waals surface area contributed by atoms with E-state index in [1.54, 1.807) is 0 Å². The van der Waals surface area contributed by atoms with E-state index < -0.39 is 17.9 Å². The summed E-state index contributed by atoms with van der Waals surface area (Å²) in [4.78, 5) is 22.3. The van der Waals surface area contributed by atoms with Gasteiger partial charge in [-0.2, -0.15) is 0 Å². The van der Waals surface area contributed by atoms with Gasteiger partial charge in [-0.3, -0.25) is 9.59 Å². The van der Waals surface area contributed by atoms with E-state index in [0.29, 0.717) is 6.61 Å². The summed E-state index contributed by atoms with van der Waals surface area (Å²) in [6.45, 7) is 4.76. The van der Waals surface area contributed by atoms with E-state index in [4.69, 9.17) is 15.6 Å². The van der Waals surface area contributed by atoms with Crippen LogP contribution in [-0.2, 0) is 14.3 Å². The van der Waals surface area contributed by atoms with Gasteiger partial charge < -0.3 is 20.9 Å². The summed E-state index contributed by atoms with van der Waals surface area (Å²) in [6, 6.07) is -0.973. The molecule has 1 rings (SSSR count). The topological polar surface area (TPSA) is 102 Å². The first kappa shape index (κ1) is 15.9. The fourth-order valence-corrected chi connectivity index (χ4v) is 2.48. The summed E-state index contributed by atoms with van der Waals surface area (Å²) in [5.74, 6) is -1.46. The SMILES string of the molecule is CCC1(CC)CC(NC(=O)C(N)CC(=O)O)CCO1. The highest BCUT2D eigenvalue weighted by Gasteiger charge is 2.35. The third-order valence-corrected chi connectivity index (χ3v) is 3.86. The Morgan fingerprint density at radius 3 is 2.63 bits per heavy atom. The molecule has 1 aliphatic heterocycles. The molecule has 4 N–H and O–H groups in total. The van der Waals surface area contributed by atoms with Crippen molar-refractivity contribution in [3.8, 4) is 0 Å². The Morgan fingerprint density at radius 1 is 1.47 bits per heavy atom. The van der Waals surface area contributed by atoms with Gasteiger partial charge in [-0.1, -0.05) is 13.8 Å². The molecule has 1 amide bonds. The molecule has 0 bridgehead atoms. The van der Waals surface area contributed by atoms with E-state index in [9.17, 15) is 9.59 Å². The number of hydrogen-bond acceptors (Lipinski definition) is 4. The second-order valence-corrected chi connectivity index (χ2v) is 5.14. The second kappa shape index (κ2) is 6.86. The van der Waals surface area contributed by atoms with Crippen LogP contribution in [0.2, 0.25) is 0 Å². The van der Waals surface area contributed by atoms with Crippen molar-refractivity contribution in [2.45, 2.75) is 63.6 Å². The number of amides is 1. The number of nitrogens with two attached hydrogens (primary N) is 1. The van der Waals surface area contributed by atoms with Crippen LogP contribution < -0.4 is 11.1 Å². The van der Waals surface area contributed by atoms with E-state index in [1.165, 1.54) is 0 Å². The van der Waals surface area contributed by atoms with E-state index >= 15 is 0 Å². The smallest absolute Gasteiger partial charge is 0.305 e. The molecule has 0 aromatic carbocycles. The van der Waals surface area contributed by atoms with Gasteiger partial charge in [0, 0.05) is 12.6 Å². The minimum Gasteiger partial charge on any atom is -0.481 e. The first-order valence-corrected chi connectivity index (χ1v) is 6.84. The van der Waals surface area contributed by atoms with Gasteiger partial charge in [0.2, 0.25) is 5.91 Å². The molecular formula is C13H24N2O4. The maximum atomic E-state index is 11.8. The van der Waals surface area contributed by atoms with Gasteiger partial charge in [-0.25, -0.2) is 0 Å². The fraction of sp³-hybridized carbons (Fsp3) is 0.846. The van der Waals surface area contributed by atoms with Gasteiger partial charge in [0.05, 0.1) is 18.1 Å². The van der Waals surface area contributed by atoms with E-state index in [0.717, 1.165) is 25.7 Å².